The van der Waals surface area contributed by atoms with Gasteiger partial charge in [-0.15, -0.1) is 0 Å². The Bertz CT molecular complexity index is 1300. The van der Waals surface area contributed by atoms with Gasteiger partial charge in [-0.2, -0.15) is 0 Å². The summed E-state index contributed by atoms with van der Waals surface area (Å²) in [5.41, 5.74) is 4.66. The van der Waals surface area contributed by atoms with E-state index in [9.17, 15) is 9.59 Å². The zero-order valence-corrected chi connectivity index (χ0v) is 15.3. The fourth-order valence-electron chi connectivity index (χ4n) is 3.81. The number of H-pyrrole nitrogens is 1. The number of para-hydroxylation sites is 1. The number of aromatic amines is 1. The van der Waals surface area contributed by atoms with E-state index >= 15 is 0 Å². The van der Waals surface area contributed by atoms with Gasteiger partial charge in [-0.25, -0.2) is 4.98 Å². The highest BCUT2D eigenvalue weighted by Crippen LogP contribution is 2.25. The molecule has 1 amide bonds. The highest BCUT2D eigenvalue weighted by atomic mass is 16.1. The summed E-state index contributed by atoms with van der Waals surface area (Å²) in [7, 11) is 0. The van der Waals surface area contributed by atoms with Gasteiger partial charge in [0, 0.05) is 30.2 Å². The lowest BCUT2D eigenvalue weighted by atomic mass is 9.99. The van der Waals surface area contributed by atoms with E-state index in [1.54, 1.807) is 12.4 Å². The molecular weight excluding hydrogens is 352 g/mol. The van der Waals surface area contributed by atoms with Crippen LogP contribution >= 0.6 is 0 Å². The van der Waals surface area contributed by atoms with Crippen molar-refractivity contribution >= 4 is 16.8 Å². The molecule has 3 heterocycles. The number of fused-ring (bicyclic) bond motifs is 2. The largest absolute Gasteiger partial charge is 0.352 e. The lowest BCUT2D eigenvalue weighted by Crippen LogP contribution is -2.31. The number of imidazole rings is 1. The first kappa shape index (κ1) is 16.5. The van der Waals surface area contributed by atoms with Crippen LogP contribution in [-0.2, 0) is 6.42 Å². The van der Waals surface area contributed by atoms with Gasteiger partial charge in [0.2, 0.25) is 0 Å². The molecule has 6 heteroatoms. The van der Waals surface area contributed by atoms with Crippen molar-refractivity contribution in [3.05, 3.63) is 81.9 Å². The molecule has 1 aliphatic heterocycles. The highest BCUT2D eigenvalue weighted by Gasteiger charge is 2.19. The molecule has 28 heavy (non-hydrogen) atoms. The maximum Gasteiger partial charge on any atom is 0.259 e. The summed E-state index contributed by atoms with van der Waals surface area (Å²) in [6, 6.07) is 13.6. The van der Waals surface area contributed by atoms with E-state index in [-0.39, 0.29) is 11.5 Å². The molecule has 2 aromatic heterocycles. The molecule has 2 aromatic carbocycles. The highest BCUT2D eigenvalue weighted by molar-refractivity contribution is 5.97. The van der Waals surface area contributed by atoms with E-state index < -0.39 is 0 Å². The Morgan fingerprint density at radius 2 is 1.96 bits per heavy atom. The standard InChI is InChI=1S/C22H18N4O2/c1-13-3-2-4-15-11-18(22(28)25-19(13)15)20-23-9-10-26(20)16-6-5-14-7-8-24-21(27)17(14)12-16/h2-6,9-12H,7-8H2,1H3,(H,24,27)(H,25,28). The molecule has 0 bridgehead atoms. The van der Waals surface area contributed by atoms with Crippen molar-refractivity contribution < 1.29 is 4.79 Å². The topological polar surface area (TPSA) is 79.8 Å². The second-order valence-corrected chi connectivity index (χ2v) is 7.02. The SMILES string of the molecule is Cc1cccc2cc(-c3nccn3-c3ccc4c(c3)C(=O)NCC4)c(=O)[nH]c12. The molecule has 0 unspecified atom stereocenters. The van der Waals surface area contributed by atoms with Crippen LogP contribution < -0.4 is 10.9 Å². The Hall–Kier alpha value is -3.67. The van der Waals surface area contributed by atoms with Crippen LogP contribution in [0.3, 0.4) is 0 Å². The zero-order chi connectivity index (χ0) is 19.3. The molecule has 0 aliphatic carbocycles. The van der Waals surface area contributed by atoms with Crippen LogP contribution in [0.1, 0.15) is 21.5 Å². The fraction of sp³-hybridized carbons (Fsp3) is 0.136. The first-order valence-electron chi connectivity index (χ1n) is 9.20. The third kappa shape index (κ3) is 2.53. The average Bonchev–Trinajstić information content (AvgIpc) is 3.18. The van der Waals surface area contributed by atoms with Gasteiger partial charge in [-0.05, 0) is 48.1 Å². The number of hydrogen-bond donors (Lipinski definition) is 2. The number of carbonyl (C=O) groups is 1. The molecule has 0 saturated heterocycles. The third-order valence-electron chi connectivity index (χ3n) is 5.27. The lowest BCUT2D eigenvalue weighted by molar-refractivity contribution is 0.0946. The van der Waals surface area contributed by atoms with Crippen molar-refractivity contribution in [3.63, 3.8) is 0 Å². The number of nitrogens with zero attached hydrogens (tertiary/aromatic N) is 2. The summed E-state index contributed by atoms with van der Waals surface area (Å²) in [5, 5.41) is 3.83. The van der Waals surface area contributed by atoms with Gasteiger partial charge < -0.3 is 10.3 Å². The van der Waals surface area contributed by atoms with Crippen LogP contribution in [0.2, 0.25) is 0 Å². The molecule has 2 N–H and O–H groups in total. The molecular formula is C22H18N4O2. The van der Waals surface area contributed by atoms with Gasteiger partial charge in [0.1, 0.15) is 5.82 Å². The maximum absolute atomic E-state index is 12.8. The first-order chi connectivity index (χ1) is 13.6. The van der Waals surface area contributed by atoms with Gasteiger partial charge in [0.05, 0.1) is 11.1 Å². The Labute approximate surface area is 160 Å². The van der Waals surface area contributed by atoms with E-state index in [4.69, 9.17) is 0 Å². The Morgan fingerprint density at radius 1 is 1.07 bits per heavy atom. The molecule has 138 valence electrons. The van der Waals surface area contributed by atoms with E-state index in [1.807, 2.05) is 54.0 Å². The average molecular weight is 370 g/mol. The smallest absolute Gasteiger partial charge is 0.259 e. The number of hydrogen-bond acceptors (Lipinski definition) is 3. The first-order valence-corrected chi connectivity index (χ1v) is 9.20. The molecule has 0 radical (unpaired) electrons. The van der Waals surface area contributed by atoms with Crippen molar-refractivity contribution in [3.8, 4) is 17.1 Å². The second kappa shape index (κ2) is 6.20. The van der Waals surface area contributed by atoms with Gasteiger partial charge in [-0.3, -0.25) is 14.2 Å². The quantitative estimate of drug-likeness (QED) is 0.569. The van der Waals surface area contributed by atoms with Crippen molar-refractivity contribution in [1.29, 1.82) is 0 Å². The van der Waals surface area contributed by atoms with Crippen LogP contribution in [0.5, 0.6) is 0 Å². The van der Waals surface area contributed by atoms with E-state index in [1.165, 1.54) is 0 Å². The van der Waals surface area contributed by atoms with Crippen molar-refractivity contribution in [2.45, 2.75) is 13.3 Å². The van der Waals surface area contributed by atoms with Crippen LogP contribution in [0.4, 0.5) is 0 Å². The Kier molecular flexibility index (Phi) is 3.65. The van der Waals surface area contributed by atoms with Crippen LogP contribution in [0.15, 0.2) is 59.7 Å². The predicted molar refractivity (Wildman–Crippen MR) is 108 cm³/mol. The summed E-state index contributed by atoms with van der Waals surface area (Å²) < 4.78 is 1.84. The lowest BCUT2D eigenvalue weighted by Gasteiger charge is -2.18. The number of amides is 1. The van der Waals surface area contributed by atoms with Crippen LogP contribution in [0.25, 0.3) is 28.0 Å². The number of pyridine rings is 1. The number of carbonyl (C=O) groups excluding carboxylic acids is 1. The summed E-state index contributed by atoms with van der Waals surface area (Å²) in [6.45, 7) is 2.63. The predicted octanol–water partition coefficient (Wildman–Crippen LogP) is 2.98. The molecule has 0 fully saturated rings. The normalized spacial score (nSPS) is 13.4. The molecule has 0 saturated carbocycles. The molecule has 6 nitrogen and oxygen atoms in total. The van der Waals surface area contributed by atoms with Gasteiger partial charge >= 0.3 is 0 Å². The summed E-state index contributed by atoms with van der Waals surface area (Å²) in [4.78, 5) is 32.4. The van der Waals surface area contributed by atoms with E-state index in [2.05, 4.69) is 15.3 Å². The Balaban J connectivity index is 1.68. The number of benzene rings is 2. The Morgan fingerprint density at radius 3 is 2.86 bits per heavy atom. The van der Waals surface area contributed by atoms with Crippen LogP contribution in [-0.4, -0.2) is 27.0 Å². The van der Waals surface area contributed by atoms with Crippen molar-refractivity contribution in [2.24, 2.45) is 0 Å². The third-order valence-corrected chi connectivity index (χ3v) is 5.27. The molecule has 4 aromatic rings. The van der Waals surface area contributed by atoms with Crippen LogP contribution in [0, 0.1) is 6.92 Å². The molecule has 0 atom stereocenters. The minimum Gasteiger partial charge on any atom is -0.352 e. The molecule has 1 aliphatic rings. The van der Waals surface area contributed by atoms with Gasteiger partial charge in [-0.1, -0.05) is 24.3 Å². The molecule has 5 rings (SSSR count). The van der Waals surface area contributed by atoms with E-state index in [0.29, 0.717) is 23.5 Å². The van der Waals surface area contributed by atoms with Crippen molar-refractivity contribution in [1.82, 2.24) is 19.9 Å². The minimum atomic E-state index is -0.190. The summed E-state index contributed by atoms with van der Waals surface area (Å²) in [5.74, 6) is 0.476. The summed E-state index contributed by atoms with van der Waals surface area (Å²) >= 11 is 0. The minimum absolute atomic E-state index is 0.0659. The molecule has 0 spiro atoms. The number of rotatable bonds is 2. The van der Waals surface area contributed by atoms with E-state index in [0.717, 1.165) is 34.1 Å². The number of nitrogens with one attached hydrogen (secondary N) is 2. The summed E-state index contributed by atoms with van der Waals surface area (Å²) in [6.07, 6.45) is 4.29. The fourth-order valence-corrected chi connectivity index (χ4v) is 3.81. The van der Waals surface area contributed by atoms with Gasteiger partial charge in [0.15, 0.2) is 0 Å². The number of aryl methyl sites for hydroxylation is 1. The second-order valence-electron chi connectivity index (χ2n) is 7.02. The van der Waals surface area contributed by atoms with Crippen molar-refractivity contribution in [2.75, 3.05) is 6.54 Å². The van der Waals surface area contributed by atoms with Gasteiger partial charge in [0.25, 0.3) is 11.5 Å². The number of aromatic nitrogens is 3. The monoisotopic (exact) mass is 370 g/mol. The zero-order valence-electron chi connectivity index (χ0n) is 15.3. The maximum atomic E-state index is 12.8.